The smallest absolute Gasteiger partial charge is 0.277 e. The van der Waals surface area contributed by atoms with E-state index >= 15 is 0 Å². The number of aliphatic hydroxyl groups is 1. The van der Waals surface area contributed by atoms with E-state index in [2.05, 4.69) is 14.9 Å². The van der Waals surface area contributed by atoms with E-state index in [1.54, 1.807) is 7.11 Å². The van der Waals surface area contributed by atoms with E-state index in [-0.39, 0.29) is 17.7 Å². The van der Waals surface area contributed by atoms with Crippen LogP contribution in [0.15, 0.2) is 16.9 Å². The quantitative estimate of drug-likeness (QED) is 0.644. The minimum atomic E-state index is -0.244. The van der Waals surface area contributed by atoms with Gasteiger partial charge in [0.25, 0.3) is 5.56 Å². The lowest BCUT2D eigenvalue weighted by molar-refractivity contribution is 0.145. The van der Waals surface area contributed by atoms with Gasteiger partial charge in [-0.15, -0.1) is 0 Å². The van der Waals surface area contributed by atoms with Gasteiger partial charge in [-0.05, 0) is 44.7 Å². The monoisotopic (exact) mass is 438 g/mol. The number of aryl methyl sites for hydroxylation is 1. The molecule has 1 saturated heterocycles. The second-order valence-electron chi connectivity index (χ2n) is 8.88. The van der Waals surface area contributed by atoms with Crippen LogP contribution in [0.25, 0.3) is 22.4 Å². The van der Waals surface area contributed by atoms with Gasteiger partial charge in [0.2, 0.25) is 5.88 Å². The topological polar surface area (TPSA) is 109 Å². The van der Waals surface area contributed by atoms with Crippen LogP contribution in [0, 0.1) is 6.92 Å². The van der Waals surface area contributed by atoms with Crippen LogP contribution < -0.4 is 15.2 Å². The number of anilines is 1. The van der Waals surface area contributed by atoms with Crippen LogP contribution in [0.3, 0.4) is 0 Å². The molecule has 0 aromatic carbocycles. The van der Waals surface area contributed by atoms with E-state index in [4.69, 9.17) is 14.8 Å². The molecule has 1 aliphatic carbocycles. The SMILES string of the molecule is COc1nc(N2CCC(O)CC2)ccc1-c1nc2c(C)nn(C3CCCCC3)c2c(=O)[nH]1. The van der Waals surface area contributed by atoms with Gasteiger partial charge in [-0.3, -0.25) is 9.48 Å². The molecule has 32 heavy (non-hydrogen) atoms. The van der Waals surface area contributed by atoms with Crippen molar-refractivity contribution in [3.8, 4) is 17.3 Å². The Labute approximate surface area is 186 Å². The molecular formula is C23H30N6O3. The molecule has 1 aliphatic heterocycles. The molecule has 3 aromatic rings. The first-order valence-corrected chi connectivity index (χ1v) is 11.5. The molecule has 5 rings (SSSR count). The highest BCUT2D eigenvalue weighted by molar-refractivity contribution is 5.79. The summed E-state index contributed by atoms with van der Waals surface area (Å²) in [6.45, 7) is 3.40. The molecule has 1 saturated carbocycles. The Bertz CT molecular complexity index is 1170. The summed E-state index contributed by atoms with van der Waals surface area (Å²) < 4.78 is 7.46. The first kappa shape index (κ1) is 20.9. The van der Waals surface area contributed by atoms with Crippen molar-refractivity contribution in [2.24, 2.45) is 0 Å². The fourth-order valence-electron chi connectivity index (χ4n) is 4.95. The Morgan fingerprint density at radius 2 is 1.84 bits per heavy atom. The highest BCUT2D eigenvalue weighted by atomic mass is 16.5. The number of nitrogens with one attached hydrogen (secondary N) is 1. The van der Waals surface area contributed by atoms with Crippen LogP contribution in [0.1, 0.15) is 56.7 Å². The third kappa shape index (κ3) is 3.74. The minimum Gasteiger partial charge on any atom is -0.480 e. The number of aromatic nitrogens is 5. The first-order chi connectivity index (χ1) is 15.5. The Balaban J connectivity index is 1.53. The molecule has 0 amide bonds. The lowest BCUT2D eigenvalue weighted by Gasteiger charge is -2.30. The predicted molar refractivity (Wildman–Crippen MR) is 122 cm³/mol. The molecule has 9 heteroatoms. The lowest BCUT2D eigenvalue weighted by Crippen LogP contribution is -2.36. The molecule has 2 N–H and O–H groups in total. The third-order valence-corrected chi connectivity index (χ3v) is 6.73. The van der Waals surface area contributed by atoms with Crippen molar-refractivity contribution in [1.82, 2.24) is 24.7 Å². The predicted octanol–water partition coefficient (Wildman–Crippen LogP) is 2.96. The maximum atomic E-state index is 13.1. The molecule has 2 fully saturated rings. The van der Waals surface area contributed by atoms with Gasteiger partial charge in [-0.25, -0.2) is 4.98 Å². The van der Waals surface area contributed by atoms with E-state index in [0.717, 1.165) is 50.3 Å². The normalized spacial score (nSPS) is 18.4. The average Bonchev–Trinajstić information content (AvgIpc) is 3.16. The zero-order valence-corrected chi connectivity index (χ0v) is 18.7. The van der Waals surface area contributed by atoms with Crippen LogP contribution in [-0.4, -0.2) is 56.1 Å². The zero-order chi connectivity index (χ0) is 22.2. The first-order valence-electron chi connectivity index (χ1n) is 11.5. The van der Waals surface area contributed by atoms with E-state index in [9.17, 15) is 9.90 Å². The zero-order valence-electron chi connectivity index (χ0n) is 18.7. The van der Waals surface area contributed by atoms with E-state index < -0.39 is 0 Å². The average molecular weight is 439 g/mol. The number of aromatic amines is 1. The molecule has 0 unspecified atom stereocenters. The van der Waals surface area contributed by atoms with Crippen molar-refractivity contribution in [2.45, 2.75) is 64.0 Å². The van der Waals surface area contributed by atoms with Gasteiger partial charge in [0.15, 0.2) is 5.52 Å². The van der Waals surface area contributed by atoms with Crippen molar-refractivity contribution in [2.75, 3.05) is 25.1 Å². The summed E-state index contributed by atoms with van der Waals surface area (Å²) in [4.78, 5) is 27.7. The molecule has 0 bridgehead atoms. The number of rotatable bonds is 4. The summed E-state index contributed by atoms with van der Waals surface area (Å²) in [6, 6.07) is 4.06. The number of H-pyrrole nitrogens is 1. The van der Waals surface area contributed by atoms with Gasteiger partial charge in [0, 0.05) is 13.1 Å². The summed E-state index contributed by atoms with van der Waals surface area (Å²) in [5, 5.41) is 14.5. The van der Waals surface area contributed by atoms with Crippen LogP contribution in [0.4, 0.5) is 5.82 Å². The van der Waals surface area contributed by atoms with Gasteiger partial charge >= 0.3 is 0 Å². The fraction of sp³-hybridized carbons (Fsp3) is 0.565. The van der Waals surface area contributed by atoms with E-state index in [1.165, 1.54) is 19.3 Å². The maximum absolute atomic E-state index is 13.1. The summed E-state index contributed by atoms with van der Waals surface area (Å²) in [5.41, 5.74) is 2.39. The number of hydrogen-bond donors (Lipinski definition) is 2. The number of methoxy groups -OCH3 is 1. The lowest BCUT2D eigenvalue weighted by atomic mass is 9.95. The van der Waals surface area contributed by atoms with Crippen LogP contribution in [0.5, 0.6) is 5.88 Å². The molecule has 170 valence electrons. The number of pyridine rings is 1. The highest BCUT2D eigenvalue weighted by Crippen LogP contribution is 2.32. The van der Waals surface area contributed by atoms with Gasteiger partial charge in [0.1, 0.15) is 17.2 Å². The molecule has 2 aliphatic rings. The molecule has 3 aromatic heterocycles. The summed E-state index contributed by atoms with van der Waals surface area (Å²) in [6.07, 6.45) is 6.87. The van der Waals surface area contributed by atoms with Crippen molar-refractivity contribution >= 4 is 16.9 Å². The summed E-state index contributed by atoms with van der Waals surface area (Å²) >= 11 is 0. The molecule has 0 spiro atoms. The highest BCUT2D eigenvalue weighted by Gasteiger charge is 2.24. The molecule has 0 atom stereocenters. The number of piperidine rings is 1. The Hall–Kier alpha value is -2.94. The van der Waals surface area contributed by atoms with Gasteiger partial charge in [-0.2, -0.15) is 10.1 Å². The van der Waals surface area contributed by atoms with Crippen LogP contribution >= 0.6 is 0 Å². The Kier molecular flexibility index (Phi) is 5.58. The van der Waals surface area contributed by atoms with Crippen molar-refractivity contribution in [3.63, 3.8) is 0 Å². The number of hydrogen-bond acceptors (Lipinski definition) is 7. The third-order valence-electron chi connectivity index (χ3n) is 6.73. The number of fused-ring (bicyclic) bond motifs is 1. The second-order valence-corrected chi connectivity index (χ2v) is 8.88. The number of aliphatic hydroxyl groups excluding tert-OH is 1. The Morgan fingerprint density at radius 1 is 1.09 bits per heavy atom. The summed E-state index contributed by atoms with van der Waals surface area (Å²) in [5.74, 6) is 1.63. The van der Waals surface area contributed by atoms with Crippen LogP contribution in [0.2, 0.25) is 0 Å². The van der Waals surface area contributed by atoms with Gasteiger partial charge in [0.05, 0.1) is 30.5 Å². The van der Waals surface area contributed by atoms with Gasteiger partial charge in [-0.1, -0.05) is 19.3 Å². The maximum Gasteiger partial charge on any atom is 0.277 e. The minimum absolute atomic E-state index is 0.188. The van der Waals surface area contributed by atoms with Crippen LogP contribution in [-0.2, 0) is 0 Å². The number of nitrogens with zero attached hydrogens (tertiary/aromatic N) is 5. The van der Waals surface area contributed by atoms with Crippen molar-refractivity contribution in [1.29, 1.82) is 0 Å². The molecule has 4 heterocycles. The fourth-order valence-corrected chi connectivity index (χ4v) is 4.95. The number of ether oxygens (including phenoxy) is 1. The Morgan fingerprint density at radius 3 is 2.56 bits per heavy atom. The largest absolute Gasteiger partial charge is 0.480 e. The van der Waals surface area contributed by atoms with E-state index in [0.29, 0.717) is 28.3 Å². The molecular weight excluding hydrogens is 408 g/mol. The van der Waals surface area contributed by atoms with Crippen molar-refractivity contribution < 1.29 is 9.84 Å². The van der Waals surface area contributed by atoms with Gasteiger partial charge < -0.3 is 19.7 Å². The van der Waals surface area contributed by atoms with Crippen molar-refractivity contribution in [3.05, 3.63) is 28.2 Å². The van der Waals surface area contributed by atoms with E-state index in [1.807, 2.05) is 23.7 Å². The molecule has 9 nitrogen and oxygen atoms in total. The molecule has 0 radical (unpaired) electrons. The second kappa shape index (κ2) is 8.54. The summed E-state index contributed by atoms with van der Waals surface area (Å²) in [7, 11) is 1.57. The standard InChI is InChI=1S/C23H30N6O3/c1-14-19-20(29(27-14)15-6-4-3-5-7-15)22(31)26-21(25-19)17-8-9-18(24-23(17)32-2)28-12-10-16(30)11-13-28/h8-9,15-16,30H,3-7,10-13H2,1-2H3,(H,25,26,31).